The minimum absolute atomic E-state index is 0.0128. The normalized spacial score (nSPS) is 18.8. The van der Waals surface area contributed by atoms with Crippen molar-refractivity contribution < 1.29 is 22.7 Å². The number of aromatic nitrogens is 1. The van der Waals surface area contributed by atoms with Gasteiger partial charge in [-0.25, -0.2) is 0 Å². The summed E-state index contributed by atoms with van der Waals surface area (Å²) in [5, 5.41) is 4.12. The molecule has 174 valence electrons. The van der Waals surface area contributed by atoms with Crippen molar-refractivity contribution in [1.82, 2.24) is 4.57 Å². The van der Waals surface area contributed by atoms with Crippen LogP contribution in [0, 0.1) is 11.8 Å². The van der Waals surface area contributed by atoms with Crippen LogP contribution in [0.15, 0.2) is 59.5 Å². The predicted octanol–water partition coefficient (Wildman–Crippen LogP) is 5.71. The molecule has 0 radical (unpaired) electrons. The molecule has 1 N–H and O–H groups in total. The van der Waals surface area contributed by atoms with Gasteiger partial charge >= 0.3 is 6.36 Å². The average Bonchev–Trinajstić information content (AvgIpc) is 2.77. The lowest BCUT2D eigenvalue weighted by Gasteiger charge is -2.25. The summed E-state index contributed by atoms with van der Waals surface area (Å²) in [6.07, 6.45) is 0.708. The van der Waals surface area contributed by atoms with Crippen LogP contribution >= 0.6 is 0 Å². The van der Waals surface area contributed by atoms with Crippen LogP contribution in [-0.2, 0) is 11.3 Å². The third kappa shape index (κ3) is 5.56. The molecule has 5 nitrogen and oxygen atoms in total. The van der Waals surface area contributed by atoms with Crippen LogP contribution in [0.25, 0.3) is 10.8 Å². The van der Waals surface area contributed by atoms with Crippen molar-refractivity contribution in [3.8, 4) is 5.75 Å². The number of carbonyl (C=O) groups excluding carboxylic acids is 1. The second-order valence-electron chi connectivity index (χ2n) is 8.65. The Morgan fingerprint density at radius 1 is 1.03 bits per heavy atom. The zero-order valence-electron chi connectivity index (χ0n) is 18.2. The Bertz CT molecular complexity index is 1190. The van der Waals surface area contributed by atoms with Crippen LogP contribution in [0.5, 0.6) is 5.75 Å². The summed E-state index contributed by atoms with van der Waals surface area (Å²) in [5.74, 6) is 0.309. The lowest BCUT2D eigenvalue weighted by atomic mass is 9.82. The first-order valence-electron chi connectivity index (χ1n) is 11.0. The number of hydrogen-bond acceptors (Lipinski definition) is 3. The van der Waals surface area contributed by atoms with E-state index in [4.69, 9.17) is 0 Å². The molecule has 0 spiro atoms. The van der Waals surface area contributed by atoms with Crippen molar-refractivity contribution >= 4 is 22.4 Å². The Morgan fingerprint density at radius 3 is 2.39 bits per heavy atom. The molecule has 1 aromatic heterocycles. The SMILES string of the molecule is C[C@H]1CC[C@H](C(=O)Nc2cccc3c(=O)n(Cc4ccc(OC(F)(F)F)cc4)ccc23)CC1. The number of alkyl halides is 3. The monoisotopic (exact) mass is 458 g/mol. The molecule has 1 heterocycles. The molecule has 0 unspecified atom stereocenters. The van der Waals surface area contributed by atoms with Gasteiger partial charge in [0.15, 0.2) is 0 Å². The Labute approximate surface area is 189 Å². The van der Waals surface area contributed by atoms with Crippen LogP contribution in [0.1, 0.15) is 38.2 Å². The largest absolute Gasteiger partial charge is 0.573 e. The second-order valence-corrected chi connectivity index (χ2v) is 8.65. The van der Waals surface area contributed by atoms with Crippen LogP contribution in [0.4, 0.5) is 18.9 Å². The molecule has 0 bridgehead atoms. The molecule has 3 aromatic rings. The minimum Gasteiger partial charge on any atom is -0.406 e. The van der Waals surface area contributed by atoms with E-state index in [0.29, 0.717) is 27.9 Å². The van der Waals surface area contributed by atoms with Gasteiger partial charge in [0.25, 0.3) is 5.56 Å². The van der Waals surface area contributed by atoms with Gasteiger partial charge in [0.1, 0.15) is 5.75 Å². The molecule has 1 fully saturated rings. The zero-order valence-corrected chi connectivity index (χ0v) is 18.2. The number of rotatable bonds is 5. The van der Waals surface area contributed by atoms with Crippen molar-refractivity contribution in [2.45, 2.75) is 45.5 Å². The van der Waals surface area contributed by atoms with Gasteiger partial charge in [0.2, 0.25) is 5.91 Å². The molecule has 2 aromatic carbocycles. The highest BCUT2D eigenvalue weighted by Crippen LogP contribution is 2.30. The predicted molar refractivity (Wildman–Crippen MR) is 120 cm³/mol. The van der Waals surface area contributed by atoms with Crippen LogP contribution in [0.2, 0.25) is 0 Å². The number of nitrogens with zero attached hydrogens (tertiary/aromatic N) is 1. The minimum atomic E-state index is -4.75. The highest BCUT2D eigenvalue weighted by molar-refractivity contribution is 6.02. The topological polar surface area (TPSA) is 60.3 Å². The Hall–Kier alpha value is -3.29. The lowest BCUT2D eigenvalue weighted by molar-refractivity contribution is -0.274. The maximum Gasteiger partial charge on any atom is 0.573 e. The summed E-state index contributed by atoms with van der Waals surface area (Å²) in [6.45, 7) is 2.40. The highest BCUT2D eigenvalue weighted by atomic mass is 19.4. The van der Waals surface area contributed by atoms with E-state index in [1.165, 1.54) is 28.8 Å². The summed E-state index contributed by atoms with van der Waals surface area (Å²) >= 11 is 0. The Balaban J connectivity index is 1.52. The van der Waals surface area contributed by atoms with Crippen molar-refractivity contribution in [2.24, 2.45) is 11.8 Å². The number of nitrogens with one attached hydrogen (secondary N) is 1. The van der Waals surface area contributed by atoms with Crippen molar-refractivity contribution in [3.63, 3.8) is 0 Å². The first kappa shape index (κ1) is 22.9. The van der Waals surface area contributed by atoms with Crippen LogP contribution in [-0.4, -0.2) is 16.8 Å². The molecule has 1 aliphatic rings. The second kappa shape index (κ2) is 9.29. The molecular weight excluding hydrogens is 433 g/mol. The molecule has 8 heteroatoms. The van der Waals surface area contributed by atoms with E-state index in [2.05, 4.69) is 17.0 Å². The fraction of sp³-hybridized carbons (Fsp3) is 0.360. The number of ether oxygens (including phenoxy) is 1. The summed E-state index contributed by atoms with van der Waals surface area (Å²) in [6, 6.07) is 12.4. The van der Waals surface area contributed by atoms with E-state index in [1.54, 1.807) is 30.5 Å². The van der Waals surface area contributed by atoms with Gasteiger partial charge in [-0.3, -0.25) is 9.59 Å². The molecule has 0 saturated heterocycles. The van der Waals surface area contributed by atoms with E-state index in [-0.39, 0.29) is 29.7 Å². The van der Waals surface area contributed by atoms with E-state index in [0.717, 1.165) is 25.7 Å². The number of carbonyl (C=O) groups is 1. The van der Waals surface area contributed by atoms with Crippen LogP contribution < -0.4 is 15.6 Å². The van der Waals surface area contributed by atoms with Gasteiger partial charge in [-0.15, -0.1) is 13.2 Å². The number of halogens is 3. The number of anilines is 1. The lowest BCUT2D eigenvalue weighted by Crippen LogP contribution is -2.27. The van der Waals surface area contributed by atoms with E-state index < -0.39 is 6.36 Å². The van der Waals surface area contributed by atoms with Gasteiger partial charge in [-0.2, -0.15) is 0 Å². The van der Waals surface area contributed by atoms with Crippen LogP contribution in [0.3, 0.4) is 0 Å². The van der Waals surface area contributed by atoms with E-state index in [1.807, 2.05) is 0 Å². The molecule has 1 aliphatic carbocycles. The molecule has 0 aliphatic heterocycles. The fourth-order valence-electron chi connectivity index (χ4n) is 4.30. The maximum atomic E-state index is 13.0. The van der Waals surface area contributed by atoms with Gasteiger partial charge in [-0.1, -0.05) is 25.1 Å². The Kier molecular flexibility index (Phi) is 6.44. The summed E-state index contributed by atoms with van der Waals surface area (Å²) in [4.78, 5) is 25.8. The molecule has 1 amide bonds. The molecule has 1 saturated carbocycles. The average molecular weight is 458 g/mol. The molecule has 33 heavy (non-hydrogen) atoms. The Morgan fingerprint density at radius 2 is 1.73 bits per heavy atom. The number of pyridine rings is 1. The highest BCUT2D eigenvalue weighted by Gasteiger charge is 2.31. The number of benzene rings is 2. The van der Waals surface area contributed by atoms with E-state index in [9.17, 15) is 22.8 Å². The molecule has 0 atom stereocenters. The number of hydrogen-bond donors (Lipinski definition) is 1. The first-order valence-corrected chi connectivity index (χ1v) is 11.0. The number of amides is 1. The van der Waals surface area contributed by atoms with E-state index >= 15 is 0 Å². The van der Waals surface area contributed by atoms with Gasteiger partial charge < -0.3 is 14.6 Å². The quantitative estimate of drug-likeness (QED) is 0.533. The standard InChI is InChI=1S/C25H25F3N2O3/c1-16-5-9-18(10-6-16)23(31)29-22-4-2-3-21-20(22)13-14-30(24(21)32)15-17-7-11-19(12-8-17)33-25(26,27)28/h2-4,7-8,11-14,16,18H,5-6,9-10,15H2,1H3,(H,29,31)/t16-,18-. The van der Waals surface area contributed by atoms with Gasteiger partial charge in [0.05, 0.1) is 6.54 Å². The smallest absolute Gasteiger partial charge is 0.406 e. The van der Waals surface area contributed by atoms with Gasteiger partial charge in [-0.05, 0) is 67.5 Å². The molecular formula is C25H25F3N2O3. The van der Waals surface area contributed by atoms with Gasteiger partial charge in [0, 0.05) is 28.6 Å². The van der Waals surface area contributed by atoms with Crippen molar-refractivity contribution in [2.75, 3.05) is 5.32 Å². The third-order valence-electron chi connectivity index (χ3n) is 6.17. The third-order valence-corrected chi connectivity index (χ3v) is 6.17. The maximum absolute atomic E-state index is 13.0. The summed E-state index contributed by atoms with van der Waals surface area (Å²) < 4.78 is 42.3. The molecule has 4 rings (SSSR count). The first-order chi connectivity index (χ1) is 15.7. The summed E-state index contributed by atoms with van der Waals surface area (Å²) in [5.41, 5.74) is 1.02. The number of fused-ring (bicyclic) bond motifs is 1. The fourth-order valence-corrected chi connectivity index (χ4v) is 4.30. The zero-order chi connectivity index (χ0) is 23.6. The summed E-state index contributed by atoms with van der Waals surface area (Å²) in [7, 11) is 0. The van der Waals surface area contributed by atoms with Crippen molar-refractivity contribution in [1.29, 1.82) is 0 Å². The van der Waals surface area contributed by atoms with Crippen molar-refractivity contribution in [3.05, 3.63) is 70.6 Å².